The standard InChI is InChI=1S/C9H7ClF3/c1-2-6-3-7(9(11,12)13)5-8(10)4-6/h3-5H,1-2H2. The molecule has 1 radical (unpaired) electrons. The molecule has 0 aliphatic carbocycles. The van der Waals surface area contributed by atoms with E-state index in [0.29, 0.717) is 12.0 Å². The van der Waals surface area contributed by atoms with Gasteiger partial charge in [0.25, 0.3) is 0 Å². The van der Waals surface area contributed by atoms with Gasteiger partial charge in [-0.05, 0) is 37.1 Å². The summed E-state index contributed by atoms with van der Waals surface area (Å²) in [6.45, 7) is 3.49. The summed E-state index contributed by atoms with van der Waals surface area (Å²) in [5.41, 5.74) is -0.238. The third kappa shape index (κ3) is 2.62. The molecule has 0 aromatic heterocycles. The molecular weight excluding hydrogens is 201 g/mol. The Labute approximate surface area is 79.3 Å². The second-order valence-corrected chi connectivity index (χ2v) is 3.03. The summed E-state index contributed by atoms with van der Waals surface area (Å²) in [5, 5.41) is 0.0912. The molecule has 0 fully saturated rings. The number of rotatable bonds is 1. The van der Waals surface area contributed by atoms with E-state index in [0.717, 1.165) is 12.1 Å². The second-order valence-electron chi connectivity index (χ2n) is 2.60. The number of halogens is 4. The smallest absolute Gasteiger partial charge is 0.166 e. The molecule has 0 N–H and O–H groups in total. The van der Waals surface area contributed by atoms with Gasteiger partial charge in [0.05, 0.1) is 5.56 Å². The summed E-state index contributed by atoms with van der Waals surface area (Å²) in [5.74, 6) is 0. The third-order valence-electron chi connectivity index (χ3n) is 1.57. The first-order valence-corrected chi connectivity index (χ1v) is 3.97. The first-order chi connectivity index (χ1) is 5.93. The molecule has 0 saturated carbocycles. The van der Waals surface area contributed by atoms with Gasteiger partial charge < -0.3 is 0 Å². The molecule has 1 aromatic carbocycles. The third-order valence-corrected chi connectivity index (χ3v) is 1.79. The predicted octanol–water partition coefficient (Wildman–Crippen LogP) is 3.74. The molecule has 0 heterocycles. The van der Waals surface area contributed by atoms with E-state index in [1.54, 1.807) is 0 Å². The van der Waals surface area contributed by atoms with Crippen molar-refractivity contribution in [3.05, 3.63) is 41.3 Å². The molecule has 0 saturated heterocycles. The largest absolute Gasteiger partial charge is 0.416 e. The van der Waals surface area contributed by atoms with Crippen LogP contribution in [0.4, 0.5) is 13.2 Å². The lowest BCUT2D eigenvalue weighted by Crippen LogP contribution is -2.05. The predicted molar refractivity (Wildman–Crippen MR) is 45.5 cm³/mol. The minimum atomic E-state index is -4.34. The van der Waals surface area contributed by atoms with Crippen molar-refractivity contribution < 1.29 is 13.2 Å². The Morgan fingerprint density at radius 3 is 2.31 bits per heavy atom. The van der Waals surface area contributed by atoms with Crippen LogP contribution < -0.4 is 0 Å². The highest BCUT2D eigenvalue weighted by Crippen LogP contribution is 2.31. The number of hydrogen-bond acceptors (Lipinski definition) is 0. The van der Waals surface area contributed by atoms with Crippen molar-refractivity contribution in [3.63, 3.8) is 0 Å². The average Bonchev–Trinajstić information content (AvgIpc) is 2.01. The van der Waals surface area contributed by atoms with Gasteiger partial charge in [-0.3, -0.25) is 0 Å². The number of benzene rings is 1. The lowest BCUT2D eigenvalue weighted by molar-refractivity contribution is -0.137. The molecule has 0 bridgehead atoms. The van der Waals surface area contributed by atoms with E-state index in [1.807, 2.05) is 0 Å². The van der Waals surface area contributed by atoms with Crippen LogP contribution in [0.3, 0.4) is 0 Å². The van der Waals surface area contributed by atoms with Crippen LogP contribution in [-0.2, 0) is 12.6 Å². The van der Waals surface area contributed by atoms with Crippen molar-refractivity contribution in [1.29, 1.82) is 0 Å². The molecule has 4 heteroatoms. The first-order valence-electron chi connectivity index (χ1n) is 3.59. The topological polar surface area (TPSA) is 0 Å². The zero-order chi connectivity index (χ0) is 10.1. The van der Waals surface area contributed by atoms with Crippen LogP contribution in [0, 0.1) is 6.92 Å². The van der Waals surface area contributed by atoms with Crippen molar-refractivity contribution in [1.82, 2.24) is 0 Å². The van der Waals surface area contributed by atoms with E-state index in [2.05, 4.69) is 6.92 Å². The Morgan fingerprint density at radius 2 is 1.85 bits per heavy atom. The van der Waals surface area contributed by atoms with Crippen LogP contribution in [0.5, 0.6) is 0 Å². The Balaban J connectivity index is 3.16. The van der Waals surface area contributed by atoms with Crippen molar-refractivity contribution in [3.8, 4) is 0 Å². The Hall–Kier alpha value is -0.700. The maximum Gasteiger partial charge on any atom is 0.416 e. The van der Waals surface area contributed by atoms with Gasteiger partial charge in [-0.2, -0.15) is 13.2 Å². The minimum Gasteiger partial charge on any atom is -0.166 e. The van der Waals surface area contributed by atoms with Crippen LogP contribution in [0.1, 0.15) is 11.1 Å². The van der Waals surface area contributed by atoms with Crippen LogP contribution in [0.25, 0.3) is 0 Å². The lowest BCUT2D eigenvalue weighted by atomic mass is 10.1. The first kappa shape index (κ1) is 10.4. The summed E-state index contributed by atoms with van der Waals surface area (Å²) in [6, 6.07) is 3.43. The van der Waals surface area contributed by atoms with Gasteiger partial charge in [0.15, 0.2) is 0 Å². The van der Waals surface area contributed by atoms with Gasteiger partial charge in [0, 0.05) is 5.02 Å². The van der Waals surface area contributed by atoms with E-state index in [-0.39, 0.29) is 5.02 Å². The highest BCUT2D eigenvalue weighted by Gasteiger charge is 2.30. The fourth-order valence-corrected chi connectivity index (χ4v) is 1.22. The van der Waals surface area contributed by atoms with Crippen molar-refractivity contribution in [2.24, 2.45) is 0 Å². The van der Waals surface area contributed by atoms with Crippen molar-refractivity contribution in [2.45, 2.75) is 12.6 Å². The zero-order valence-corrected chi connectivity index (χ0v) is 7.41. The van der Waals surface area contributed by atoms with Gasteiger partial charge in [0.1, 0.15) is 0 Å². The fraction of sp³-hybridized carbons (Fsp3) is 0.222. The van der Waals surface area contributed by atoms with Gasteiger partial charge in [-0.1, -0.05) is 11.6 Å². The summed E-state index contributed by atoms with van der Waals surface area (Å²) in [6.07, 6.45) is -4.04. The van der Waals surface area contributed by atoms with E-state index in [9.17, 15) is 13.2 Å². The number of hydrogen-bond donors (Lipinski definition) is 0. The highest BCUT2D eigenvalue weighted by molar-refractivity contribution is 6.30. The van der Waals surface area contributed by atoms with Crippen molar-refractivity contribution >= 4 is 11.6 Å². The average molecular weight is 208 g/mol. The summed E-state index contributed by atoms with van der Waals surface area (Å²) in [7, 11) is 0. The SMILES string of the molecule is [CH2]Cc1cc(Cl)cc(C(F)(F)F)c1. The van der Waals surface area contributed by atoms with Gasteiger partial charge in [-0.15, -0.1) is 0 Å². The maximum atomic E-state index is 12.2. The van der Waals surface area contributed by atoms with Gasteiger partial charge in [-0.25, -0.2) is 0 Å². The molecule has 0 spiro atoms. The van der Waals surface area contributed by atoms with Gasteiger partial charge >= 0.3 is 6.18 Å². The Morgan fingerprint density at radius 1 is 1.23 bits per heavy atom. The van der Waals surface area contributed by atoms with E-state index in [4.69, 9.17) is 11.6 Å². The molecule has 1 aromatic rings. The normalized spacial score (nSPS) is 11.8. The van der Waals surface area contributed by atoms with E-state index < -0.39 is 11.7 Å². The Kier molecular flexibility index (Phi) is 2.86. The van der Waals surface area contributed by atoms with E-state index >= 15 is 0 Å². The van der Waals surface area contributed by atoms with Gasteiger partial charge in [0.2, 0.25) is 0 Å². The molecule has 71 valence electrons. The monoisotopic (exact) mass is 207 g/mol. The molecule has 13 heavy (non-hydrogen) atoms. The van der Waals surface area contributed by atoms with E-state index in [1.165, 1.54) is 6.07 Å². The molecule has 0 amide bonds. The maximum absolute atomic E-state index is 12.2. The molecule has 0 unspecified atom stereocenters. The minimum absolute atomic E-state index is 0.0912. The molecule has 0 aliphatic rings. The Bertz CT molecular complexity index is 304. The molecule has 0 atom stereocenters. The summed E-state index contributed by atoms with van der Waals surface area (Å²) >= 11 is 5.51. The highest BCUT2D eigenvalue weighted by atomic mass is 35.5. The fourth-order valence-electron chi connectivity index (χ4n) is 0.958. The summed E-state index contributed by atoms with van der Waals surface area (Å²) in [4.78, 5) is 0. The number of alkyl halides is 3. The van der Waals surface area contributed by atoms with Crippen LogP contribution in [-0.4, -0.2) is 0 Å². The zero-order valence-electron chi connectivity index (χ0n) is 6.66. The molecule has 0 aliphatic heterocycles. The quantitative estimate of drug-likeness (QED) is 0.658. The lowest BCUT2D eigenvalue weighted by Gasteiger charge is -2.08. The van der Waals surface area contributed by atoms with Crippen LogP contribution >= 0.6 is 11.6 Å². The molecule has 1 rings (SSSR count). The van der Waals surface area contributed by atoms with Crippen molar-refractivity contribution in [2.75, 3.05) is 0 Å². The van der Waals surface area contributed by atoms with Crippen LogP contribution in [0.2, 0.25) is 5.02 Å². The molecular formula is C9H7ClF3. The second kappa shape index (κ2) is 3.58. The van der Waals surface area contributed by atoms with Crippen LogP contribution in [0.15, 0.2) is 18.2 Å². The summed E-state index contributed by atoms with van der Waals surface area (Å²) < 4.78 is 36.6. The molecule has 0 nitrogen and oxygen atoms in total.